The molecule has 0 bridgehead atoms. The minimum Gasteiger partial charge on any atom is -0.394 e. The second-order valence-corrected chi connectivity index (χ2v) is 6.30. The molecule has 2 aliphatic rings. The van der Waals surface area contributed by atoms with Gasteiger partial charge in [-0.25, -0.2) is 0 Å². The van der Waals surface area contributed by atoms with Gasteiger partial charge < -0.3 is 15.2 Å². The lowest BCUT2D eigenvalue weighted by atomic mass is 9.97. The molecule has 2 N–H and O–H groups in total. The van der Waals surface area contributed by atoms with Gasteiger partial charge in [0.25, 0.3) is 0 Å². The first-order valence-electron chi connectivity index (χ1n) is 6.86. The molecule has 0 spiro atoms. The van der Waals surface area contributed by atoms with E-state index in [9.17, 15) is 5.11 Å². The molecular formula is C13H25NO2S. The summed E-state index contributed by atoms with van der Waals surface area (Å²) in [5.74, 6) is 2.78. The van der Waals surface area contributed by atoms with Gasteiger partial charge >= 0.3 is 0 Å². The highest BCUT2D eigenvalue weighted by atomic mass is 32.2. The van der Waals surface area contributed by atoms with E-state index in [4.69, 9.17) is 4.74 Å². The number of nitrogens with one attached hydrogen (secondary N) is 1. The van der Waals surface area contributed by atoms with Crippen molar-refractivity contribution in [2.45, 2.75) is 44.2 Å². The molecule has 0 aromatic carbocycles. The Morgan fingerprint density at radius 3 is 2.76 bits per heavy atom. The standard InChI is InChI=1S/C13H25NO2S/c1-2-14-13(9-15,11-5-6-11)10-17-8-12-4-3-7-16-12/h11-12,14-15H,2-10H2,1H3. The van der Waals surface area contributed by atoms with Gasteiger partial charge in [0.1, 0.15) is 0 Å². The molecule has 2 atom stereocenters. The maximum atomic E-state index is 9.70. The highest BCUT2D eigenvalue weighted by molar-refractivity contribution is 7.99. The highest BCUT2D eigenvalue weighted by Gasteiger charge is 2.44. The lowest BCUT2D eigenvalue weighted by Crippen LogP contribution is -2.53. The molecule has 3 nitrogen and oxygen atoms in total. The fourth-order valence-electron chi connectivity index (χ4n) is 2.68. The van der Waals surface area contributed by atoms with Gasteiger partial charge in [-0.15, -0.1) is 0 Å². The number of ether oxygens (including phenoxy) is 1. The monoisotopic (exact) mass is 259 g/mol. The van der Waals surface area contributed by atoms with Crippen LogP contribution in [0.5, 0.6) is 0 Å². The smallest absolute Gasteiger partial charge is 0.0666 e. The molecular weight excluding hydrogens is 234 g/mol. The summed E-state index contributed by atoms with van der Waals surface area (Å²) in [5, 5.41) is 13.2. The van der Waals surface area contributed by atoms with Crippen molar-refractivity contribution in [3.8, 4) is 0 Å². The quantitative estimate of drug-likeness (QED) is 0.695. The number of thioether (sulfide) groups is 1. The molecule has 0 radical (unpaired) electrons. The van der Waals surface area contributed by atoms with E-state index in [1.165, 1.54) is 25.7 Å². The number of likely N-dealkylation sites (N-methyl/N-ethyl adjacent to an activating group) is 1. The second kappa shape index (κ2) is 6.41. The first kappa shape index (κ1) is 13.7. The zero-order valence-electron chi connectivity index (χ0n) is 10.8. The largest absolute Gasteiger partial charge is 0.394 e. The van der Waals surface area contributed by atoms with E-state index < -0.39 is 0 Å². The van der Waals surface area contributed by atoms with Crippen molar-refractivity contribution >= 4 is 11.8 Å². The van der Waals surface area contributed by atoms with Crippen LogP contribution in [0.4, 0.5) is 0 Å². The average molecular weight is 259 g/mol. The molecule has 0 aromatic heterocycles. The van der Waals surface area contributed by atoms with Gasteiger partial charge in [0, 0.05) is 18.1 Å². The summed E-state index contributed by atoms with van der Waals surface area (Å²) in [6, 6.07) is 0. The van der Waals surface area contributed by atoms with Crippen molar-refractivity contribution in [2.75, 3.05) is 31.3 Å². The topological polar surface area (TPSA) is 41.5 Å². The van der Waals surface area contributed by atoms with Crippen LogP contribution < -0.4 is 5.32 Å². The zero-order valence-corrected chi connectivity index (χ0v) is 11.6. The third-order valence-electron chi connectivity index (χ3n) is 3.86. The van der Waals surface area contributed by atoms with Crippen LogP contribution >= 0.6 is 11.8 Å². The number of rotatable bonds is 8. The molecule has 1 saturated carbocycles. The molecule has 100 valence electrons. The molecule has 2 rings (SSSR count). The summed E-state index contributed by atoms with van der Waals surface area (Å²) in [5.41, 5.74) is -0.0297. The molecule has 0 amide bonds. The average Bonchev–Trinajstić information content (AvgIpc) is 3.07. The van der Waals surface area contributed by atoms with E-state index in [2.05, 4.69) is 12.2 Å². The van der Waals surface area contributed by atoms with E-state index in [1.54, 1.807) is 0 Å². The Bertz CT molecular complexity index is 229. The Labute approximate surface area is 109 Å². The van der Waals surface area contributed by atoms with Crippen LogP contribution in [0.15, 0.2) is 0 Å². The summed E-state index contributed by atoms with van der Waals surface area (Å²) >= 11 is 1.94. The molecule has 4 heteroatoms. The third kappa shape index (κ3) is 3.60. The Balaban J connectivity index is 1.75. The normalized spacial score (nSPS) is 28.2. The van der Waals surface area contributed by atoms with Crippen molar-refractivity contribution in [1.82, 2.24) is 5.32 Å². The first-order chi connectivity index (χ1) is 8.30. The Morgan fingerprint density at radius 1 is 1.41 bits per heavy atom. The predicted octanol–water partition coefficient (Wildman–Crippen LogP) is 1.65. The van der Waals surface area contributed by atoms with Crippen LogP contribution in [0.25, 0.3) is 0 Å². The Morgan fingerprint density at radius 2 is 2.24 bits per heavy atom. The molecule has 1 heterocycles. The Hall–Kier alpha value is 0.230. The van der Waals surface area contributed by atoms with Crippen LogP contribution in [-0.2, 0) is 4.74 Å². The number of hydrogen-bond donors (Lipinski definition) is 2. The van der Waals surface area contributed by atoms with Crippen molar-refractivity contribution in [1.29, 1.82) is 0 Å². The second-order valence-electron chi connectivity index (χ2n) is 5.27. The summed E-state index contributed by atoms with van der Waals surface area (Å²) in [4.78, 5) is 0. The van der Waals surface area contributed by atoms with E-state index in [0.29, 0.717) is 12.0 Å². The molecule has 2 fully saturated rings. The van der Waals surface area contributed by atoms with Crippen LogP contribution in [0.1, 0.15) is 32.6 Å². The predicted molar refractivity (Wildman–Crippen MR) is 72.5 cm³/mol. The van der Waals surface area contributed by atoms with Crippen LogP contribution in [-0.4, -0.2) is 48.0 Å². The first-order valence-corrected chi connectivity index (χ1v) is 8.01. The fraction of sp³-hybridized carbons (Fsp3) is 1.00. The van der Waals surface area contributed by atoms with Crippen molar-refractivity contribution in [3.63, 3.8) is 0 Å². The highest BCUT2D eigenvalue weighted by Crippen LogP contribution is 2.41. The van der Waals surface area contributed by atoms with Gasteiger partial charge in [-0.05, 0) is 38.1 Å². The number of aliphatic hydroxyl groups is 1. The van der Waals surface area contributed by atoms with Gasteiger partial charge in [-0.3, -0.25) is 0 Å². The van der Waals surface area contributed by atoms with Gasteiger partial charge in [-0.2, -0.15) is 11.8 Å². The van der Waals surface area contributed by atoms with E-state index in [1.807, 2.05) is 11.8 Å². The molecule has 17 heavy (non-hydrogen) atoms. The molecule has 2 unspecified atom stereocenters. The van der Waals surface area contributed by atoms with Crippen molar-refractivity contribution in [2.24, 2.45) is 5.92 Å². The lowest BCUT2D eigenvalue weighted by molar-refractivity contribution is 0.128. The van der Waals surface area contributed by atoms with Gasteiger partial charge in [0.2, 0.25) is 0 Å². The van der Waals surface area contributed by atoms with E-state index in [-0.39, 0.29) is 12.1 Å². The number of aliphatic hydroxyl groups excluding tert-OH is 1. The molecule has 1 aliphatic carbocycles. The van der Waals surface area contributed by atoms with Gasteiger partial charge in [-0.1, -0.05) is 6.92 Å². The number of hydrogen-bond acceptors (Lipinski definition) is 4. The summed E-state index contributed by atoms with van der Waals surface area (Å²) in [6.45, 7) is 4.27. The van der Waals surface area contributed by atoms with Crippen LogP contribution in [0.3, 0.4) is 0 Å². The summed E-state index contributed by atoms with van der Waals surface area (Å²) in [6.07, 6.45) is 5.43. The Kier molecular flexibility index (Phi) is 5.15. The van der Waals surface area contributed by atoms with Gasteiger partial charge in [0.15, 0.2) is 0 Å². The van der Waals surface area contributed by atoms with Crippen LogP contribution in [0, 0.1) is 5.92 Å². The summed E-state index contributed by atoms with van der Waals surface area (Å²) < 4.78 is 5.63. The third-order valence-corrected chi connectivity index (χ3v) is 5.18. The van der Waals surface area contributed by atoms with E-state index >= 15 is 0 Å². The molecule has 1 aliphatic heterocycles. The summed E-state index contributed by atoms with van der Waals surface area (Å²) in [7, 11) is 0. The maximum Gasteiger partial charge on any atom is 0.0666 e. The molecule has 1 saturated heterocycles. The van der Waals surface area contributed by atoms with Crippen LogP contribution in [0.2, 0.25) is 0 Å². The molecule has 0 aromatic rings. The van der Waals surface area contributed by atoms with E-state index in [0.717, 1.165) is 24.7 Å². The fourth-order valence-corrected chi connectivity index (χ4v) is 4.12. The minimum absolute atomic E-state index is 0.0297. The lowest BCUT2D eigenvalue weighted by Gasteiger charge is -2.33. The maximum absolute atomic E-state index is 9.70. The SMILES string of the molecule is CCNC(CO)(CSCC1CCCO1)C1CC1. The van der Waals surface area contributed by atoms with Crippen molar-refractivity contribution < 1.29 is 9.84 Å². The zero-order chi connectivity index (χ0) is 12.1. The van der Waals surface area contributed by atoms with Crippen molar-refractivity contribution in [3.05, 3.63) is 0 Å². The van der Waals surface area contributed by atoms with Gasteiger partial charge in [0.05, 0.1) is 18.2 Å². The minimum atomic E-state index is -0.0297.